The van der Waals surface area contributed by atoms with Crippen molar-refractivity contribution in [3.8, 4) is 5.75 Å². The van der Waals surface area contributed by atoms with Gasteiger partial charge in [0.05, 0.1) is 29.9 Å². The molecule has 0 aromatic heterocycles. The van der Waals surface area contributed by atoms with Crippen LogP contribution in [0.1, 0.15) is 11.1 Å². The summed E-state index contributed by atoms with van der Waals surface area (Å²) in [6, 6.07) is 13.5. The second-order valence-electron chi connectivity index (χ2n) is 4.10. The Bertz CT molecular complexity index is 577. The quantitative estimate of drug-likeness (QED) is 0.665. The average Bonchev–Trinajstić information content (AvgIpc) is 2.44. The largest absolute Gasteiger partial charge is 0.494 e. The van der Waals surface area contributed by atoms with Gasteiger partial charge in [-0.15, -0.1) is 0 Å². The predicted molar refractivity (Wildman–Crippen MR) is 83.9 cm³/mol. The molecule has 0 saturated carbocycles. The molecule has 0 amide bonds. The molecule has 1 N–H and O–H groups in total. The van der Waals surface area contributed by atoms with E-state index < -0.39 is 0 Å². The molecule has 0 aliphatic rings. The van der Waals surface area contributed by atoms with Crippen molar-refractivity contribution >= 4 is 29.4 Å². The van der Waals surface area contributed by atoms with E-state index in [2.05, 4.69) is 10.5 Å². The van der Waals surface area contributed by atoms with Crippen molar-refractivity contribution in [3.05, 3.63) is 63.6 Å². The van der Waals surface area contributed by atoms with Crippen LogP contribution in [-0.2, 0) is 6.54 Å². The van der Waals surface area contributed by atoms with Gasteiger partial charge in [-0.05, 0) is 23.3 Å². The molecule has 2 aromatic carbocycles. The Balaban J connectivity index is 1.98. The molecule has 0 spiro atoms. The van der Waals surface area contributed by atoms with Crippen molar-refractivity contribution in [2.45, 2.75) is 6.54 Å². The van der Waals surface area contributed by atoms with Crippen molar-refractivity contribution in [1.82, 2.24) is 5.43 Å². The Kier molecular flexibility index (Phi) is 5.27. The molecule has 2 rings (SSSR count). The maximum Gasteiger partial charge on any atom is 0.156 e. The first-order chi connectivity index (χ1) is 9.70. The smallest absolute Gasteiger partial charge is 0.156 e. The number of rotatable bonds is 5. The van der Waals surface area contributed by atoms with Crippen LogP contribution in [0.15, 0.2) is 47.6 Å². The van der Waals surface area contributed by atoms with Gasteiger partial charge >= 0.3 is 0 Å². The third-order valence-electron chi connectivity index (χ3n) is 2.66. The summed E-state index contributed by atoms with van der Waals surface area (Å²) in [6.45, 7) is 0.662. The molecule has 0 bridgehead atoms. The number of hydrazone groups is 1. The maximum atomic E-state index is 6.05. The van der Waals surface area contributed by atoms with Crippen molar-refractivity contribution < 1.29 is 4.74 Å². The summed E-state index contributed by atoms with van der Waals surface area (Å²) in [4.78, 5) is 0. The minimum Gasteiger partial charge on any atom is -0.494 e. The molecule has 0 heterocycles. The molecule has 104 valence electrons. The van der Waals surface area contributed by atoms with E-state index >= 15 is 0 Å². The molecule has 0 fully saturated rings. The molecule has 20 heavy (non-hydrogen) atoms. The molecule has 0 saturated heterocycles. The van der Waals surface area contributed by atoms with E-state index in [-0.39, 0.29) is 0 Å². The van der Waals surface area contributed by atoms with Gasteiger partial charge in [0.2, 0.25) is 0 Å². The molecule has 0 atom stereocenters. The minimum absolute atomic E-state index is 0.463. The first-order valence-electron chi connectivity index (χ1n) is 6.03. The number of hydrogen-bond donors (Lipinski definition) is 1. The van der Waals surface area contributed by atoms with Crippen LogP contribution in [0.2, 0.25) is 10.0 Å². The van der Waals surface area contributed by atoms with Gasteiger partial charge in [0.25, 0.3) is 0 Å². The molecule has 3 nitrogen and oxygen atoms in total. The Morgan fingerprint density at radius 3 is 2.40 bits per heavy atom. The van der Waals surface area contributed by atoms with E-state index in [1.807, 2.05) is 30.3 Å². The summed E-state index contributed by atoms with van der Waals surface area (Å²) in [6.07, 6.45) is 1.67. The Labute approximate surface area is 128 Å². The zero-order valence-corrected chi connectivity index (χ0v) is 12.4. The van der Waals surface area contributed by atoms with E-state index in [1.54, 1.807) is 18.3 Å². The van der Waals surface area contributed by atoms with Gasteiger partial charge in [0.1, 0.15) is 0 Å². The van der Waals surface area contributed by atoms with Gasteiger partial charge in [-0.25, -0.2) is 0 Å². The van der Waals surface area contributed by atoms with Crippen molar-refractivity contribution in [2.24, 2.45) is 5.10 Å². The Morgan fingerprint density at radius 2 is 1.80 bits per heavy atom. The molecule has 0 radical (unpaired) electrons. The van der Waals surface area contributed by atoms with Crippen LogP contribution in [0.5, 0.6) is 5.75 Å². The van der Waals surface area contributed by atoms with Gasteiger partial charge < -0.3 is 10.2 Å². The van der Waals surface area contributed by atoms with Crippen molar-refractivity contribution in [2.75, 3.05) is 7.11 Å². The summed E-state index contributed by atoms with van der Waals surface area (Å²) < 4.78 is 5.09. The highest BCUT2D eigenvalue weighted by Gasteiger charge is 2.07. The van der Waals surface area contributed by atoms with E-state index in [0.717, 1.165) is 11.1 Å². The maximum absolute atomic E-state index is 6.05. The monoisotopic (exact) mass is 308 g/mol. The highest BCUT2D eigenvalue weighted by Crippen LogP contribution is 2.33. The Hall–Kier alpha value is -1.71. The van der Waals surface area contributed by atoms with Crippen molar-refractivity contribution in [3.63, 3.8) is 0 Å². The third kappa shape index (κ3) is 3.89. The van der Waals surface area contributed by atoms with Crippen LogP contribution in [0, 0.1) is 0 Å². The average molecular weight is 309 g/mol. The molecule has 5 heteroatoms. The third-order valence-corrected chi connectivity index (χ3v) is 3.22. The fourth-order valence-electron chi connectivity index (χ4n) is 1.70. The number of halogens is 2. The number of hydrogen-bond acceptors (Lipinski definition) is 3. The topological polar surface area (TPSA) is 33.6 Å². The van der Waals surface area contributed by atoms with Gasteiger partial charge in [0, 0.05) is 0 Å². The van der Waals surface area contributed by atoms with Gasteiger partial charge in [-0.3, -0.25) is 0 Å². The van der Waals surface area contributed by atoms with Gasteiger partial charge in [-0.1, -0.05) is 53.5 Å². The van der Waals surface area contributed by atoms with Crippen LogP contribution in [0.25, 0.3) is 0 Å². The minimum atomic E-state index is 0.463. The summed E-state index contributed by atoms with van der Waals surface area (Å²) >= 11 is 12.1. The van der Waals surface area contributed by atoms with E-state index in [4.69, 9.17) is 27.9 Å². The van der Waals surface area contributed by atoms with Crippen molar-refractivity contribution in [1.29, 1.82) is 0 Å². The van der Waals surface area contributed by atoms with Gasteiger partial charge in [-0.2, -0.15) is 5.10 Å². The SMILES string of the molecule is COc1c(Cl)cc(C=NNCc2ccccc2)cc1Cl. The number of benzene rings is 2. The zero-order chi connectivity index (χ0) is 14.4. The second-order valence-corrected chi connectivity index (χ2v) is 4.91. The lowest BCUT2D eigenvalue weighted by molar-refractivity contribution is 0.415. The Morgan fingerprint density at radius 1 is 1.15 bits per heavy atom. The number of nitrogens with one attached hydrogen (secondary N) is 1. The van der Waals surface area contributed by atoms with Crippen LogP contribution in [0.3, 0.4) is 0 Å². The summed E-state index contributed by atoms with van der Waals surface area (Å²) in [5.74, 6) is 0.475. The van der Waals surface area contributed by atoms with Gasteiger partial charge in [0.15, 0.2) is 5.75 Å². The predicted octanol–water partition coefficient (Wildman–Crippen LogP) is 4.13. The van der Waals surface area contributed by atoms with Crippen LogP contribution >= 0.6 is 23.2 Å². The molecule has 0 aliphatic carbocycles. The standard InChI is InChI=1S/C15H14Cl2N2O/c1-20-15-13(16)7-12(8-14(15)17)10-19-18-9-11-5-3-2-4-6-11/h2-8,10,18H,9H2,1H3. The van der Waals surface area contributed by atoms with E-state index in [0.29, 0.717) is 22.3 Å². The summed E-state index contributed by atoms with van der Waals surface area (Å²) in [5.41, 5.74) is 4.94. The number of nitrogens with zero attached hydrogens (tertiary/aromatic N) is 1. The lowest BCUT2D eigenvalue weighted by Crippen LogP contribution is -2.05. The fraction of sp³-hybridized carbons (Fsp3) is 0.133. The van der Waals surface area contributed by atoms with E-state index in [9.17, 15) is 0 Å². The summed E-state index contributed by atoms with van der Waals surface area (Å²) in [5, 5.41) is 5.07. The molecule has 0 aliphatic heterocycles. The van der Waals surface area contributed by atoms with E-state index in [1.165, 1.54) is 7.11 Å². The van der Waals surface area contributed by atoms with Crippen LogP contribution in [-0.4, -0.2) is 13.3 Å². The highest BCUT2D eigenvalue weighted by atomic mass is 35.5. The second kappa shape index (κ2) is 7.17. The normalized spacial score (nSPS) is 10.8. The summed E-state index contributed by atoms with van der Waals surface area (Å²) in [7, 11) is 1.53. The first-order valence-corrected chi connectivity index (χ1v) is 6.79. The molecular weight excluding hydrogens is 295 g/mol. The lowest BCUT2D eigenvalue weighted by Gasteiger charge is -2.06. The number of ether oxygens (including phenoxy) is 1. The van der Waals surface area contributed by atoms with Crippen LogP contribution < -0.4 is 10.2 Å². The first kappa shape index (κ1) is 14.7. The molecule has 0 unspecified atom stereocenters. The number of methoxy groups -OCH3 is 1. The highest BCUT2D eigenvalue weighted by molar-refractivity contribution is 6.37. The lowest BCUT2D eigenvalue weighted by atomic mass is 10.2. The molecule has 2 aromatic rings. The van der Waals surface area contributed by atoms with Crippen LogP contribution in [0.4, 0.5) is 0 Å². The fourth-order valence-corrected chi connectivity index (χ4v) is 2.36. The zero-order valence-electron chi connectivity index (χ0n) is 10.9. The molecular formula is C15H14Cl2N2O.